The standard InChI is InChI=1S/C19H31N3O2S/c1-19(2,3)18(24)22-9-6-14(7-10-22)17(23)20-12-16(21(4)5)15-8-11-25-13-15/h8,11,13-14,16H,6-7,9-10,12H2,1-5H3,(H,20,23). The van der Waals surface area contributed by atoms with Gasteiger partial charge < -0.3 is 15.1 Å². The van der Waals surface area contributed by atoms with Gasteiger partial charge in [0.25, 0.3) is 0 Å². The number of nitrogens with one attached hydrogen (secondary N) is 1. The minimum absolute atomic E-state index is 0.00862. The second-order valence-electron chi connectivity index (χ2n) is 8.10. The quantitative estimate of drug-likeness (QED) is 0.873. The highest BCUT2D eigenvalue weighted by Crippen LogP contribution is 2.24. The summed E-state index contributed by atoms with van der Waals surface area (Å²) < 4.78 is 0. The zero-order valence-electron chi connectivity index (χ0n) is 16.0. The van der Waals surface area contributed by atoms with Gasteiger partial charge in [0.2, 0.25) is 11.8 Å². The van der Waals surface area contributed by atoms with E-state index in [9.17, 15) is 9.59 Å². The summed E-state index contributed by atoms with van der Waals surface area (Å²) >= 11 is 1.68. The van der Waals surface area contributed by atoms with Crippen LogP contribution in [-0.4, -0.2) is 55.3 Å². The molecule has 1 saturated heterocycles. The van der Waals surface area contributed by atoms with Gasteiger partial charge in [0.05, 0.1) is 6.04 Å². The van der Waals surface area contributed by atoms with Crippen LogP contribution in [0.2, 0.25) is 0 Å². The SMILES string of the molecule is CN(C)C(CNC(=O)C1CCN(C(=O)C(C)(C)C)CC1)c1ccsc1. The molecular weight excluding hydrogens is 334 g/mol. The Balaban J connectivity index is 1.83. The van der Waals surface area contributed by atoms with Crippen LogP contribution >= 0.6 is 11.3 Å². The molecule has 2 heterocycles. The molecule has 1 fully saturated rings. The monoisotopic (exact) mass is 365 g/mol. The van der Waals surface area contributed by atoms with Crippen LogP contribution in [0.3, 0.4) is 0 Å². The Kier molecular flexibility index (Phi) is 6.63. The predicted molar refractivity (Wildman–Crippen MR) is 103 cm³/mol. The average molecular weight is 366 g/mol. The van der Waals surface area contributed by atoms with Gasteiger partial charge >= 0.3 is 0 Å². The lowest BCUT2D eigenvalue weighted by atomic mass is 9.90. The number of rotatable bonds is 5. The van der Waals surface area contributed by atoms with Gasteiger partial charge in [-0.05, 0) is 49.3 Å². The van der Waals surface area contributed by atoms with E-state index in [-0.39, 0.29) is 29.2 Å². The van der Waals surface area contributed by atoms with Crippen LogP contribution in [0.15, 0.2) is 16.8 Å². The molecule has 0 saturated carbocycles. The van der Waals surface area contributed by atoms with Crippen molar-refractivity contribution in [2.24, 2.45) is 11.3 Å². The topological polar surface area (TPSA) is 52.7 Å². The Hall–Kier alpha value is -1.40. The summed E-state index contributed by atoms with van der Waals surface area (Å²) in [6, 6.07) is 2.30. The number of likely N-dealkylation sites (N-methyl/N-ethyl adjacent to an activating group) is 1. The zero-order valence-corrected chi connectivity index (χ0v) is 16.9. The second-order valence-corrected chi connectivity index (χ2v) is 8.88. The Morgan fingerprint density at radius 2 is 1.96 bits per heavy atom. The molecule has 2 rings (SSSR count). The lowest BCUT2D eigenvalue weighted by Gasteiger charge is -2.35. The van der Waals surface area contributed by atoms with E-state index in [0.29, 0.717) is 19.6 Å². The molecule has 2 amide bonds. The first-order valence-electron chi connectivity index (χ1n) is 8.95. The van der Waals surface area contributed by atoms with Crippen molar-refractivity contribution in [2.45, 2.75) is 39.7 Å². The van der Waals surface area contributed by atoms with Crippen molar-refractivity contribution in [3.63, 3.8) is 0 Å². The molecule has 1 unspecified atom stereocenters. The summed E-state index contributed by atoms with van der Waals surface area (Å²) in [6.45, 7) is 7.80. The summed E-state index contributed by atoms with van der Waals surface area (Å²) in [7, 11) is 4.07. The van der Waals surface area contributed by atoms with Crippen molar-refractivity contribution in [3.8, 4) is 0 Å². The van der Waals surface area contributed by atoms with Crippen molar-refractivity contribution < 1.29 is 9.59 Å². The Bertz CT molecular complexity index is 570. The van der Waals surface area contributed by atoms with Crippen molar-refractivity contribution >= 4 is 23.2 Å². The first-order chi connectivity index (χ1) is 11.7. The van der Waals surface area contributed by atoms with Gasteiger partial charge in [-0.15, -0.1) is 0 Å². The summed E-state index contributed by atoms with van der Waals surface area (Å²) in [4.78, 5) is 28.9. The molecule has 0 spiro atoms. The average Bonchev–Trinajstić information content (AvgIpc) is 3.07. The maximum atomic E-state index is 12.5. The molecule has 1 aromatic rings. The Morgan fingerprint density at radius 3 is 2.44 bits per heavy atom. The Morgan fingerprint density at radius 1 is 1.32 bits per heavy atom. The zero-order chi connectivity index (χ0) is 18.6. The minimum atomic E-state index is -0.353. The van der Waals surface area contributed by atoms with E-state index in [2.05, 4.69) is 27.0 Å². The van der Waals surface area contributed by atoms with E-state index < -0.39 is 0 Å². The van der Waals surface area contributed by atoms with Crippen LogP contribution in [0.5, 0.6) is 0 Å². The van der Waals surface area contributed by atoms with E-state index in [1.807, 2.05) is 39.8 Å². The van der Waals surface area contributed by atoms with E-state index in [1.54, 1.807) is 11.3 Å². The number of hydrogen-bond donors (Lipinski definition) is 1. The first-order valence-corrected chi connectivity index (χ1v) is 9.90. The smallest absolute Gasteiger partial charge is 0.227 e. The minimum Gasteiger partial charge on any atom is -0.354 e. The molecule has 1 aliphatic rings. The van der Waals surface area contributed by atoms with E-state index in [4.69, 9.17) is 0 Å². The van der Waals surface area contributed by atoms with Crippen molar-refractivity contribution in [3.05, 3.63) is 22.4 Å². The molecule has 140 valence electrons. The number of hydrogen-bond acceptors (Lipinski definition) is 4. The fourth-order valence-corrected chi connectivity index (χ4v) is 3.93. The highest BCUT2D eigenvalue weighted by atomic mass is 32.1. The normalized spacial score (nSPS) is 17.6. The Labute approximate surface area is 155 Å². The molecule has 1 aliphatic heterocycles. The number of thiophene rings is 1. The van der Waals surface area contributed by atoms with Gasteiger partial charge in [-0.3, -0.25) is 9.59 Å². The van der Waals surface area contributed by atoms with Crippen LogP contribution in [0.1, 0.15) is 45.2 Å². The summed E-state index contributed by atoms with van der Waals surface area (Å²) in [6.07, 6.45) is 1.50. The molecule has 25 heavy (non-hydrogen) atoms. The van der Waals surface area contributed by atoms with Gasteiger partial charge in [-0.2, -0.15) is 11.3 Å². The van der Waals surface area contributed by atoms with Gasteiger partial charge in [0, 0.05) is 31.0 Å². The molecule has 1 aromatic heterocycles. The third kappa shape index (κ3) is 5.28. The second kappa shape index (κ2) is 8.32. The van der Waals surface area contributed by atoms with E-state index in [0.717, 1.165) is 12.8 Å². The first kappa shape index (κ1) is 19.9. The van der Waals surface area contributed by atoms with Gasteiger partial charge in [0.1, 0.15) is 0 Å². The molecule has 1 atom stereocenters. The number of amides is 2. The van der Waals surface area contributed by atoms with Gasteiger partial charge in [0.15, 0.2) is 0 Å². The molecule has 0 aromatic carbocycles. The molecule has 6 heteroatoms. The van der Waals surface area contributed by atoms with Crippen molar-refractivity contribution in [2.75, 3.05) is 33.7 Å². The van der Waals surface area contributed by atoms with Gasteiger partial charge in [-0.1, -0.05) is 20.8 Å². The van der Waals surface area contributed by atoms with Crippen LogP contribution in [0.25, 0.3) is 0 Å². The molecule has 0 aliphatic carbocycles. The molecular formula is C19H31N3O2S. The summed E-state index contributed by atoms with van der Waals surface area (Å²) in [5.41, 5.74) is 0.884. The molecule has 1 N–H and O–H groups in total. The van der Waals surface area contributed by atoms with Crippen LogP contribution in [0.4, 0.5) is 0 Å². The molecule has 0 bridgehead atoms. The third-order valence-electron chi connectivity index (χ3n) is 4.82. The number of carbonyl (C=O) groups is 2. The largest absolute Gasteiger partial charge is 0.354 e. The lowest BCUT2D eigenvalue weighted by Crippen LogP contribution is -2.47. The number of nitrogens with zero attached hydrogens (tertiary/aromatic N) is 2. The molecule has 5 nitrogen and oxygen atoms in total. The highest BCUT2D eigenvalue weighted by molar-refractivity contribution is 7.07. The highest BCUT2D eigenvalue weighted by Gasteiger charge is 2.32. The number of carbonyl (C=O) groups excluding carboxylic acids is 2. The third-order valence-corrected chi connectivity index (χ3v) is 5.52. The van der Waals surface area contributed by atoms with E-state index in [1.165, 1.54) is 5.56 Å². The summed E-state index contributed by atoms with van der Waals surface area (Å²) in [5, 5.41) is 7.31. The van der Waals surface area contributed by atoms with Gasteiger partial charge in [-0.25, -0.2) is 0 Å². The number of piperidine rings is 1. The fraction of sp³-hybridized carbons (Fsp3) is 0.684. The lowest BCUT2D eigenvalue weighted by molar-refractivity contribution is -0.142. The number of likely N-dealkylation sites (tertiary alicyclic amines) is 1. The van der Waals surface area contributed by atoms with Crippen molar-refractivity contribution in [1.29, 1.82) is 0 Å². The molecule has 0 radical (unpaired) electrons. The van der Waals surface area contributed by atoms with Crippen molar-refractivity contribution in [1.82, 2.24) is 15.1 Å². The van der Waals surface area contributed by atoms with Crippen LogP contribution in [0, 0.1) is 11.3 Å². The maximum absolute atomic E-state index is 12.5. The maximum Gasteiger partial charge on any atom is 0.227 e. The predicted octanol–water partition coefficient (Wildman–Crippen LogP) is 2.75. The summed E-state index contributed by atoms with van der Waals surface area (Å²) in [5.74, 6) is 0.302. The fourth-order valence-electron chi connectivity index (χ4n) is 3.22. The van der Waals surface area contributed by atoms with Crippen LogP contribution < -0.4 is 5.32 Å². The van der Waals surface area contributed by atoms with E-state index >= 15 is 0 Å². The van der Waals surface area contributed by atoms with Crippen LogP contribution in [-0.2, 0) is 9.59 Å².